The first-order valence-electron chi connectivity index (χ1n) is 14.1. The molecule has 0 aliphatic heterocycles. The minimum atomic E-state index is -4.24. The van der Waals surface area contributed by atoms with Crippen molar-refractivity contribution in [1.82, 2.24) is 0 Å². The zero-order valence-electron chi connectivity index (χ0n) is 23.9. The third kappa shape index (κ3) is 27.8. The molecule has 37 heavy (non-hydrogen) atoms. The van der Waals surface area contributed by atoms with Gasteiger partial charge in [-0.3, -0.25) is 13.8 Å². The van der Waals surface area contributed by atoms with Gasteiger partial charge in [-0.2, -0.15) is 0 Å². The molecule has 0 aliphatic carbocycles. The minimum Gasteiger partial charge on any atom is -0.463 e. The number of esters is 1. The fourth-order valence-corrected chi connectivity index (χ4v) is 4.14. The molecule has 1 unspecified atom stereocenters. The second kappa shape index (κ2) is 22.9. The van der Waals surface area contributed by atoms with Gasteiger partial charge in [-0.05, 0) is 38.5 Å². The van der Waals surface area contributed by atoms with Crippen LogP contribution >= 0.6 is 7.82 Å². The number of unbranched alkanes of at least 4 members (excludes halogenated alkanes) is 10. The largest absolute Gasteiger partial charge is 0.472 e. The van der Waals surface area contributed by atoms with E-state index in [9.17, 15) is 19.4 Å². The van der Waals surface area contributed by atoms with Gasteiger partial charge >= 0.3 is 13.8 Å². The highest BCUT2D eigenvalue weighted by Crippen LogP contribution is 2.43. The fraction of sp³-hybridized carbons (Fsp3) is 0.821. The molecule has 0 saturated carbocycles. The molecule has 8 nitrogen and oxygen atoms in total. The highest BCUT2D eigenvalue weighted by molar-refractivity contribution is 7.47. The zero-order chi connectivity index (χ0) is 27.8. The number of allylic oxidation sites excluding steroid dienone is 4. The Balaban J connectivity index is 3.58. The monoisotopic (exact) mass is 548 g/mol. The highest BCUT2D eigenvalue weighted by atomic mass is 31.2. The van der Waals surface area contributed by atoms with Crippen molar-refractivity contribution in [3.63, 3.8) is 0 Å². The summed E-state index contributed by atoms with van der Waals surface area (Å²) >= 11 is 0. The summed E-state index contributed by atoms with van der Waals surface area (Å²) in [6.45, 7) is 2.09. The van der Waals surface area contributed by atoms with Crippen LogP contribution in [0.5, 0.6) is 0 Å². The van der Waals surface area contributed by atoms with E-state index in [1.807, 2.05) is 21.1 Å². The number of carbonyl (C=O) groups is 1. The summed E-state index contributed by atoms with van der Waals surface area (Å²) in [5, 5.41) is 9.84. The van der Waals surface area contributed by atoms with Crippen LogP contribution in [0.2, 0.25) is 0 Å². The van der Waals surface area contributed by atoms with E-state index < -0.39 is 20.5 Å². The molecular formula is C28H55NO7P+. The van der Waals surface area contributed by atoms with E-state index in [2.05, 4.69) is 31.2 Å². The maximum Gasteiger partial charge on any atom is 0.472 e. The number of quaternary nitrogens is 1. The van der Waals surface area contributed by atoms with Gasteiger partial charge in [0, 0.05) is 6.42 Å². The van der Waals surface area contributed by atoms with Gasteiger partial charge in [0.1, 0.15) is 25.9 Å². The lowest BCUT2D eigenvalue weighted by Gasteiger charge is -2.24. The van der Waals surface area contributed by atoms with Crippen LogP contribution in [0.4, 0.5) is 0 Å². The van der Waals surface area contributed by atoms with Gasteiger partial charge in [0.25, 0.3) is 0 Å². The molecule has 218 valence electrons. The Labute approximate surface area is 226 Å². The molecule has 0 fully saturated rings. The summed E-state index contributed by atoms with van der Waals surface area (Å²) in [6, 6.07) is 0. The van der Waals surface area contributed by atoms with Gasteiger partial charge < -0.3 is 19.2 Å². The Bertz CT molecular complexity index is 661. The number of aliphatic hydroxyl groups is 1. The molecule has 0 aromatic heterocycles. The van der Waals surface area contributed by atoms with Crippen molar-refractivity contribution in [2.45, 2.75) is 103 Å². The molecule has 0 radical (unpaired) electrons. The van der Waals surface area contributed by atoms with Crippen molar-refractivity contribution < 1.29 is 37.6 Å². The maximum atomic E-state index is 11.8. The standard InChI is InChI=1S/C28H54NO7P/c1-5-6-7-8-9-10-11-12-13-14-15-16-17-18-19-20-21-22-28(31)34-25-27(30)26-36-37(32,33)35-24-23-29(2,3)4/h9-10,12-13,27,30H,5-8,11,14-26H2,1-4H3/p+1/b10-9+,13-12+/t27-/m1/s1. The summed E-state index contributed by atoms with van der Waals surface area (Å²) in [5.41, 5.74) is 0. The van der Waals surface area contributed by atoms with Crippen LogP contribution in [0.1, 0.15) is 96.8 Å². The molecule has 0 spiro atoms. The van der Waals surface area contributed by atoms with E-state index >= 15 is 0 Å². The van der Waals surface area contributed by atoms with Crippen LogP contribution in [0.15, 0.2) is 24.3 Å². The van der Waals surface area contributed by atoms with Crippen molar-refractivity contribution >= 4 is 13.8 Å². The molecule has 0 aliphatic rings. The molecule has 0 saturated heterocycles. The first-order chi connectivity index (χ1) is 17.6. The average molecular weight is 549 g/mol. The second-order valence-electron chi connectivity index (χ2n) is 10.6. The number of ether oxygens (including phenoxy) is 1. The number of hydrogen-bond acceptors (Lipinski definition) is 6. The maximum absolute atomic E-state index is 11.8. The van der Waals surface area contributed by atoms with Crippen molar-refractivity contribution in [3.8, 4) is 0 Å². The van der Waals surface area contributed by atoms with E-state index in [0.717, 1.165) is 32.1 Å². The van der Waals surface area contributed by atoms with E-state index in [4.69, 9.17) is 13.8 Å². The van der Waals surface area contributed by atoms with Crippen LogP contribution < -0.4 is 0 Å². The number of carbonyl (C=O) groups excluding carboxylic acids is 1. The van der Waals surface area contributed by atoms with Crippen LogP contribution in [0, 0.1) is 0 Å². The molecule has 0 bridgehead atoms. The molecule has 0 amide bonds. The summed E-state index contributed by atoms with van der Waals surface area (Å²) in [6.07, 6.45) is 23.2. The number of phosphoric ester groups is 1. The molecule has 0 rings (SSSR count). The van der Waals surface area contributed by atoms with Crippen LogP contribution in [0.3, 0.4) is 0 Å². The lowest BCUT2D eigenvalue weighted by molar-refractivity contribution is -0.870. The number of rotatable bonds is 25. The fourth-order valence-electron chi connectivity index (χ4n) is 3.39. The van der Waals surface area contributed by atoms with E-state index in [1.165, 1.54) is 51.4 Å². The molecule has 2 N–H and O–H groups in total. The Kier molecular flexibility index (Phi) is 22.3. The van der Waals surface area contributed by atoms with E-state index in [1.54, 1.807) is 0 Å². The zero-order valence-corrected chi connectivity index (χ0v) is 24.8. The molecule has 0 aromatic carbocycles. The molecular weight excluding hydrogens is 493 g/mol. The minimum absolute atomic E-state index is 0.0526. The Morgan fingerprint density at radius 1 is 0.838 bits per heavy atom. The highest BCUT2D eigenvalue weighted by Gasteiger charge is 2.24. The van der Waals surface area contributed by atoms with Crippen LogP contribution in [0.25, 0.3) is 0 Å². The van der Waals surface area contributed by atoms with Crippen molar-refractivity contribution in [3.05, 3.63) is 24.3 Å². The van der Waals surface area contributed by atoms with Gasteiger partial charge in [-0.25, -0.2) is 4.57 Å². The number of phosphoric acid groups is 1. The summed E-state index contributed by atoms with van der Waals surface area (Å²) in [7, 11) is 1.55. The van der Waals surface area contributed by atoms with E-state index in [0.29, 0.717) is 17.4 Å². The topological polar surface area (TPSA) is 102 Å². The number of aliphatic hydroxyl groups excluding tert-OH is 1. The summed E-state index contributed by atoms with van der Waals surface area (Å²) < 4.78 is 27.1. The average Bonchev–Trinajstić information content (AvgIpc) is 2.82. The van der Waals surface area contributed by atoms with Gasteiger partial charge in [-0.1, -0.05) is 76.2 Å². The normalized spacial score (nSPS) is 14.9. The molecule has 0 aromatic rings. The number of hydrogen-bond donors (Lipinski definition) is 2. The van der Waals surface area contributed by atoms with Gasteiger partial charge in [-0.15, -0.1) is 0 Å². The van der Waals surface area contributed by atoms with Gasteiger partial charge in [0.05, 0.1) is 27.7 Å². The molecule has 9 heteroatoms. The smallest absolute Gasteiger partial charge is 0.463 e. The SMILES string of the molecule is CCCCC/C=C/C/C=C/CCCCCCCCCC(=O)OC[C@@H](O)COP(=O)(O)OCC[N+](C)(C)C. The van der Waals surface area contributed by atoms with Crippen molar-refractivity contribution in [2.75, 3.05) is 47.5 Å². The summed E-state index contributed by atoms with van der Waals surface area (Å²) in [5.74, 6) is -0.381. The van der Waals surface area contributed by atoms with E-state index in [-0.39, 0.29) is 19.2 Å². The predicted octanol–water partition coefficient (Wildman–Crippen LogP) is 6.32. The lowest BCUT2D eigenvalue weighted by Crippen LogP contribution is -2.37. The first-order valence-corrected chi connectivity index (χ1v) is 15.6. The Morgan fingerprint density at radius 3 is 2.00 bits per heavy atom. The summed E-state index contributed by atoms with van der Waals surface area (Å²) in [4.78, 5) is 21.5. The number of likely N-dealkylation sites (N-methyl/N-ethyl adjacent to an activating group) is 1. The third-order valence-electron chi connectivity index (χ3n) is 5.71. The quantitative estimate of drug-likeness (QED) is 0.0452. The third-order valence-corrected chi connectivity index (χ3v) is 6.70. The van der Waals surface area contributed by atoms with Gasteiger partial charge in [0.2, 0.25) is 0 Å². The van der Waals surface area contributed by atoms with Crippen molar-refractivity contribution in [2.24, 2.45) is 0 Å². The van der Waals surface area contributed by atoms with Crippen molar-refractivity contribution in [1.29, 1.82) is 0 Å². The predicted molar refractivity (Wildman–Crippen MR) is 150 cm³/mol. The molecule has 0 heterocycles. The first kappa shape index (κ1) is 36.0. The molecule has 2 atom stereocenters. The van der Waals surface area contributed by atoms with Crippen LogP contribution in [-0.4, -0.2) is 74.1 Å². The lowest BCUT2D eigenvalue weighted by atomic mass is 10.1. The number of nitrogens with zero attached hydrogens (tertiary/aromatic N) is 1. The second-order valence-corrected chi connectivity index (χ2v) is 12.1. The van der Waals surface area contributed by atoms with Gasteiger partial charge in [0.15, 0.2) is 0 Å². The Hall–Kier alpha value is -1.02. The Morgan fingerprint density at radius 2 is 1.41 bits per heavy atom. The van der Waals surface area contributed by atoms with Crippen LogP contribution in [-0.2, 0) is 23.1 Å².